The van der Waals surface area contributed by atoms with Crippen molar-refractivity contribution in [2.24, 2.45) is 0 Å². The predicted molar refractivity (Wildman–Crippen MR) is 181 cm³/mol. The van der Waals surface area contributed by atoms with Gasteiger partial charge in [-0.1, -0.05) is 77.4 Å². The molecule has 0 N–H and O–H groups in total. The second-order valence-corrected chi connectivity index (χ2v) is 10.4. The SMILES string of the molecule is [Ir].[c-]1cc(-c2ccccc2)c(-c2ccc3oc(-c4cccnc4)cc3c2)cc1-c1ccccn1.[c-]1ccccc1-c1ccccn1. The van der Waals surface area contributed by atoms with E-state index in [1.807, 2.05) is 97.3 Å². The minimum Gasteiger partial charge on any atom is -0.456 e. The largest absolute Gasteiger partial charge is 0.456 e. The summed E-state index contributed by atoms with van der Waals surface area (Å²) in [6.07, 6.45) is 7.18. The molecule has 0 aliphatic carbocycles. The molecule has 4 nitrogen and oxygen atoms in total. The number of furan rings is 1. The average molecular weight is 770 g/mol. The summed E-state index contributed by atoms with van der Waals surface area (Å²) in [7, 11) is 0. The number of hydrogen-bond donors (Lipinski definition) is 0. The minimum absolute atomic E-state index is 0. The molecule has 223 valence electrons. The second kappa shape index (κ2) is 14.5. The summed E-state index contributed by atoms with van der Waals surface area (Å²) in [6, 6.07) is 53.2. The van der Waals surface area contributed by atoms with Crippen LogP contribution >= 0.6 is 0 Å². The van der Waals surface area contributed by atoms with Crippen LogP contribution in [0.2, 0.25) is 0 Å². The first-order chi connectivity index (χ1) is 22.3. The first-order valence-corrected chi connectivity index (χ1v) is 14.7. The summed E-state index contributed by atoms with van der Waals surface area (Å²) in [6.45, 7) is 0. The van der Waals surface area contributed by atoms with E-state index in [1.165, 1.54) is 0 Å². The van der Waals surface area contributed by atoms with E-state index in [0.717, 1.165) is 67.1 Å². The Bertz CT molecular complexity index is 2100. The monoisotopic (exact) mass is 770 g/mol. The molecule has 5 heteroatoms. The third-order valence-corrected chi connectivity index (χ3v) is 7.40. The van der Waals surface area contributed by atoms with E-state index in [1.54, 1.807) is 12.4 Å². The van der Waals surface area contributed by atoms with Crippen molar-refractivity contribution in [2.45, 2.75) is 0 Å². The molecule has 0 unspecified atom stereocenters. The van der Waals surface area contributed by atoms with Gasteiger partial charge in [-0.15, -0.1) is 59.7 Å². The van der Waals surface area contributed by atoms with Gasteiger partial charge in [0.1, 0.15) is 11.3 Å². The van der Waals surface area contributed by atoms with Crippen LogP contribution in [0, 0.1) is 12.1 Å². The van der Waals surface area contributed by atoms with Gasteiger partial charge in [-0.3, -0.25) is 4.98 Å². The Morgan fingerprint density at radius 2 is 1.26 bits per heavy atom. The number of hydrogen-bond acceptors (Lipinski definition) is 4. The molecule has 4 aromatic heterocycles. The molecule has 4 heterocycles. The third-order valence-electron chi connectivity index (χ3n) is 7.40. The van der Waals surface area contributed by atoms with E-state index in [4.69, 9.17) is 4.42 Å². The summed E-state index contributed by atoms with van der Waals surface area (Å²) in [5.74, 6) is 0.814. The average Bonchev–Trinajstić information content (AvgIpc) is 3.57. The quantitative estimate of drug-likeness (QED) is 0.164. The van der Waals surface area contributed by atoms with Crippen LogP contribution in [0.5, 0.6) is 0 Å². The third kappa shape index (κ3) is 6.92. The normalized spacial score (nSPS) is 10.4. The molecule has 4 aromatic carbocycles. The van der Waals surface area contributed by atoms with Gasteiger partial charge in [0.15, 0.2) is 0 Å². The van der Waals surface area contributed by atoms with E-state index < -0.39 is 0 Å². The van der Waals surface area contributed by atoms with E-state index >= 15 is 0 Å². The molecule has 0 aliphatic rings. The van der Waals surface area contributed by atoms with Crippen LogP contribution in [-0.4, -0.2) is 15.0 Å². The fraction of sp³-hybridized carbons (Fsp3) is 0. The standard InChI is InChI=1S/C30H19N2O.C11H8N.Ir/c1-2-7-21(8-3-1)26-13-11-23(28-10-4-5-16-32-28)18-27(26)22-12-14-29-25(17-22)19-30(33-29)24-9-6-15-31-20-24;1-2-6-10(7-3-1)11-8-4-5-9-12-11;/h1-10,12-20H;1-6,8-9H;/q2*-1;. The molecule has 0 bridgehead atoms. The first kappa shape index (κ1) is 30.5. The molecule has 0 atom stereocenters. The van der Waals surface area contributed by atoms with Crippen LogP contribution in [0.1, 0.15) is 0 Å². The van der Waals surface area contributed by atoms with Crippen molar-refractivity contribution in [3.05, 3.63) is 176 Å². The summed E-state index contributed by atoms with van der Waals surface area (Å²) in [5, 5.41) is 1.05. The number of benzene rings is 4. The zero-order valence-corrected chi connectivity index (χ0v) is 27.1. The molecule has 0 saturated heterocycles. The van der Waals surface area contributed by atoms with Gasteiger partial charge in [-0.25, -0.2) is 0 Å². The van der Waals surface area contributed by atoms with E-state index in [9.17, 15) is 0 Å². The maximum absolute atomic E-state index is 6.10. The van der Waals surface area contributed by atoms with Crippen molar-refractivity contribution in [2.75, 3.05) is 0 Å². The fourth-order valence-corrected chi connectivity index (χ4v) is 5.19. The molecule has 0 saturated carbocycles. The van der Waals surface area contributed by atoms with E-state index in [0.29, 0.717) is 0 Å². The molecule has 0 aliphatic heterocycles. The molecule has 0 amide bonds. The van der Waals surface area contributed by atoms with Crippen LogP contribution in [0.3, 0.4) is 0 Å². The summed E-state index contributed by atoms with van der Waals surface area (Å²) < 4.78 is 6.10. The van der Waals surface area contributed by atoms with Gasteiger partial charge in [-0.2, -0.15) is 0 Å². The topological polar surface area (TPSA) is 51.8 Å². The Morgan fingerprint density at radius 3 is 1.96 bits per heavy atom. The van der Waals surface area contributed by atoms with Gasteiger partial charge in [0.25, 0.3) is 0 Å². The van der Waals surface area contributed by atoms with Crippen LogP contribution in [0.25, 0.3) is 67.1 Å². The fourth-order valence-electron chi connectivity index (χ4n) is 5.19. The molecule has 0 fully saturated rings. The number of aromatic nitrogens is 3. The van der Waals surface area contributed by atoms with Crippen LogP contribution in [0.15, 0.2) is 169 Å². The Hall–Kier alpha value is -5.48. The molecule has 0 spiro atoms. The van der Waals surface area contributed by atoms with Gasteiger partial charge in [0, 0.05) is 55.8 Å². The Labute approximate surface area is 281 Å². The maximum Gasteiger partial charge on any atom is 0.136 e. The van der Waals surface area contributed by atoms with Gasteiger partial charge < -0.3 is 14.4 Å². The molecule has 8 rings (SSSR count). The van der Waals surface area contributed by atoms with Crippen molar-refractivity contribution < 1.29 is 24.5 Å². The predicted octanol–water partition coefficient (Wildman–Crippen LogP) is 10.2. The van der Waals surface area contributed by atoms with Crippen molar-refractivity contribution in [1.82, 2.24) is 15.0 Å². The van der Waals surface area contributed by atoms with Gasteiger partial charge in [-0.05, 0) is 59.4 Å². The van der Waals surface area contributed by atoms with Crippen LogP contribution in [-0.2, 0) is 20.1 Å². The van der Waals surface area contributed by atoms with Gasteiger partial charge in [0.2, 0.25) is 0 Å². The van der Waals surface area contributed by atoms with E-state index in [-0.39, 0.29) is 20.1 Å². The molecule has 1 radical (unpaired) electrons. The summed E-state index contributed by atoms with van der Waals surface area (Å²) in [4.78, 5) is 12.9. The number of pyridine rings is 3. The Kier molecular flexibility index (Phi) is 9.65. The summed E-state index contributed by atoms with van der Waals surface area (Å²) >= 11 is 0. The second-order valence-electron chi connectivity index (χ2n) is 10.4. The number of nitrogens with zero attached hydrogens (tertiary/aromatic N) is 3. The zero-order valence-electron chi connectivity index (χ0n) is 24.7. The van der Waals surface area contributed by atoms with Crippen molar-refractivity contribution in [3.8, 4) is 56.1 Å². The van der Waals surface area contributed by atoms with Crippen LogP contribution < -0.4 is 0 Å². The minimum atomic E-state index is 0. The smallest absolute Gasteiger partial charge is 0.136 e. The number of rotatable bonds is 5. The molecular formula is C41H27IrN3O-2. The maximum atomic E-state index is 6.10. The van der Waals surface area contributed by atoms with E-state index in [2.05, 4.69) is 81.7 Å². The molecular weight excluding hydrogens is 743 g/mol. The molecule has 46 heavy (non-hydrogen) atoms. The van der Waals surface area contributed by atoms with Crippen LogP contribution in [0.4, 0.5) is 0 Å². The number of fused-ring (bicyclic) bond motifs is 1. The van der Waals surface area contributed by atoms with Gasteiger partial charge >= 0.3 is 0 Å². The Morgan fingerprint density at radius 1 is 0.522 bits per heavy atom. The molecule has 8 aromatic rings. The van der Waals surface area contributed by atoms with Crippen molar-refractivity contribution in [3.63, 3.8) is 0 Å². The summed E-state index contributed by atoms with van der Waals surface area (Å²) in [5.41, 5.74) is 10.2. The van der Waals surface area contributed by atoms with Crippen molar-refractivity contribution >= 4 is 11.0 Å². The Balaban J connectivity index is 0.000000241. The van der Waals surface area contributed by atoms with Gasteiger partial charge in [0.05, 0.1) is 0 Å². The van der Waals surface area contributed by atoms with Crippen molar-refractivity contribution in [1.29, 1.82) is 0 Å². The zero-order chi connectivity index (χ0) is 30.3. The first-order valence-electron chi connectivity index (χ1n) is 14.7.